The largest absolute Gasteiger partial charge is 0.379 e. The lowest BCUT2D eigenvalue weighted by molar-refractivity contribution is 0.113. The van der Waals surface area contributed by atoms with E-state index in [2.05, 4.69) is 43.4 Å². The highest BCUT2D eigenvalue weighted by atomic mass is 16.5. The van der Waals surface area contributed by atoms with Crippen LogP contribution < -0.4 is 5.32 Å². The van der Waals surface area contributed by atoms with Crippen molar-refractivity contribution in [1.29, 1.82) is 0 Å². The predicted octanol–water partition coefficient (Wildman–Crippen LogP) is 1.87. The van der Waals surface area contributed by atoms with Gasteiger partial charge in [0, 0.05) is 18.5 Å². The van der Waals surface area contributed by atoms with Crippen LogP contribution in [0.25, 0.3) is 0 Å². The van der Waals surface area contributed by atoms with E-state index in [9.17, 15) is 0 Å². The average molecular weight is 205 g/mol. The van der Waals surface area contributed by atoms with Crippen molar-refractivity contribution in [2.45, 2.75) is 19.3 Å². The maximum atomic E-state index is 5.66. The summed E-state index contributed by atoms with van der Waals surface area (Å²) in [7, 11) is 0. The molecule has 0 aliphatic carbocycles. The minimum absolute atomic E-state index is 0.113. The monoisotopic (exact) mass is 205 g/mol. The molecule has 15 heavy (non-hydrogen) atoms. The molecule has 0 radical (unpaired) electrons. The zero-order valence-corrected chi connectivity index (χ0v) is 9.55. The molecule has 1 N–H and O–H groups in total. The number of hydrogen-bond acceptors (Lipinski definition) is 2. The molecule has 1 unspecified atom stereocenters. The van der Waals surface area contributed by atoms with Gasteiger partial charge in [-0.05, 0) is 18.1 Å². The van der Waals surface area contributed by atoms with Gasteiger partial charge in [-0.15, -0.1) is 0 Å². The van der Waals surface area contributed by atoms with E-state index in [0.29, 0.717) is 0 Å². The molecule has 82 valence electrons. The van der Waals surface area contributed by atoms with Crippen LogP contribution >= 0.6 is 0 Å². The molecule has 0 bridgehead atoms. The molecule has 1 aliphatic heterocycles. The highest BCUT2D eigenvalue weighted by Crippen LogP contribution is 2.27. The van der Waals surface area contributed by atoms with Gasteiger partial charge in [-0.1, -0.05) is 31.2 Å². The van der Waals surface area contributed by atoms with Crippen molar-refractivity contribution in [2.75, 3.05) is 26.3 Å². The van der Waals surface area contributed by atoms with Gasteiger partial charge in [0.1, 0.15) is 0 Å². The Morgan fingerprint density at radius 2 is 2.13 bits per heavy atom. The zero-order valence-electron chi connectivity index (χ0n) is 9.55. The van der Waals surface area contributed by atoms with E-state index in [1.807, 2.05) is 0 Å². The zero-order chi connectivity index (χ0) is 10.7. The second-order valence-electron chi connectivity index (χ2n) is 4.60. The highest BCUT2D eigenvalue weighted by Gasteiger charge is 2.29. The Kier molecular flexibility index (Phi) is 3.08. The Labute approximate surface area is 91.6 Å². The smallest absolute Gasteiger partial charge is 0.0591 e. The fourth-order valence-electron chi connectivity index (χ4n) is 2.28. The van der Waals surface area contributed by atoms with Crippen molar-refractivity contribution < 1.29 is 4.74 Å². The van der Waals surface area contributed by atoms with Crippen LogP contribution in [0.1, 0.15) is 18.1 Å². The Bertz CT molecular complexity index is 327. The van der Waals surface area contributed by atoms with Gasteiger partial charge in [-0.2, -0.15) is 0 Å². The van der Waals surface area contributed by atoms with Gasteiger partial charge in [0.2, 0.25) is 0 Å². The fraction of sp³-hybridized carbons (Fsp3) is 0.538. The number of rotatable bonds is 1. The van der Waals surface area contributed by atoms with E-state index in [1.54, 1.807) is 0 Å². The Hall–Kier alpha value is -0.860. The minimum atomic E-state index is 0.113. The third-order valence-electron chi connectivity index (χ3n) is 3.15. The number of nitrogens with one attached hydrogen (secondary N) is 1. The highest BCUT2D eigenvalue weighted by molar-refractivity contribution is 5.33. The second kappa shape index (κ2) is 4.33. The van der Waals surface area contributed by atoms with Crippen molar-refractivity contribution in [3.05, 3.63) is 35.4 Å². The van der Waals surface area contributed by atoms with Crippen molar-refractivity contribution in [3.8, 4) is 0 Å². The summed E-state index contributed by atoms with van der Waals surface area (Å²) in [5.74, 6) is 0. The molecule has 0 amide bonds. The standard InChI is InChI=1S/C13H19NO/c1-11-5-3-4-6-12(11)13(2)9-14-7-8-15-10-13/h3-6,14H,7-10H2,1-2H3. The molecular formula is C13H19NO. The quantitative estimate of drug-likeness (QED) is 0.755. The number of aryl methyl sites for hydroxylation is 1. The topological polar surface area (TPSA) is 21.3 Å². The molecule has 1 atom stereocenters. The van der Waals surface area contributed by atoms with Crippen LogP contribution in [0.2, 0.25) is 0 Å². The van der Waals surface area contributed by atoms with E-state index >= 15 is 0 Å². The third kappa shape index (κ3) is 2.21. The van der Waals surface area contributed by atoms with Gasteiger partial charge >= 0.3 is 0 Å². The summed E-state index contributed by atoms with van der Waals surface area (Å²) in [4.78, 5) is 0. The molecule has 0 saturated carbocycles. The predicted molar refractivity (Wildman–Crippen MR) is 62.2 cm³/mol. The van der Waals surface area contributed by atoms with Crippen LogP contribution in [0, 0.1) is 6.92 Å². The molecule has 2 rings (SSSR count). The molecule has 2 nitrogen and oxygen atoms in total. The molecule has 1 aromatic carbocycles. The van der Waals surface area contributed by atoms with Gasteiger partial charge < -0.3 is 10.1 Å². The van der Waals surface area contributed by atoms with E-state index in [0.717, 1.165) is 26.3 Å². The van der Waals surface area contributed by atoms with Gasteiger partial charge in [0.05, 0.1) is 13.2 Å². The summed E-state index contributed by atoms with van der Waals surface area (Å²) in [6, 6.07) is 8.59. The molecule has 1 aliphatic rings. The second-order valence-corrected chi connectivity index (χ2v) is 4.60. The summed E-state index contributed by atoms with van der Waals surface area (Å²) in [5.41, 5.74) is 2.87. The van der Waals surface area contributed by atoms with Crippen LogP contribution in [0.4, 0.5) is 0 Å². The third-order valence-corrected chi connectivity index (χ3v) is 3.15. The maximum absolute atomic E-state index is 5.66. The molecule has 0 spiro atoms. The van der Waals surface area contributed by atoms with Gasteiger partial charge in [-0.25, -0.2) is 0 Å². The van der Waals surface area contributed by atoms with Crippen molar-refractivity contribution in [1.82, 2.24) is 5.32 Å². The molecule has 1 heterocycles. The van der Waals surface area contributed by atoms with Crippen LogP contribution in [0.5, 0.6) is 0 Å². The summed E-state index contributed by atoms with van der Waals surface area (Å²) in [6.07, 6.45) is 0. The molecule has 1 fully saturated rings. The lowest BCUT2D eigenvalue weighted by Crippen LogP contribution is -2.37. The Morgan fingerprint density at radius 1 is 1.33 bits per heavy atom. The van der Waals surface area contributed by atoms with Crippen LogP contribution in [0.3, 0.4) is 0 Å². The lowest BCUT2D eigenvalue weighted by Gasteiger charge is -2.29. The van der Waals surface area contributed by atoms with E-state index < -0.39 is 0 Å². The van der Waals surface area contributed by atoms with Crippen LogP contribution in [0.15, 0.2) is 24.3 Å². The normalized spacial score (nSPS) is 27.3. The van der Waals surface area contributed by atoms with E-state index in [1.165, 1.54) is 11.1 Å². The summed E-state index contributed by atoms with van der Waals surface area (Å²) in [5, 5.41) is 3.44. The van der Waals surface area contributed by atoms with Gasteiger partial charge in [0.15, 0.2) is 0 Å². The SMILES string of the molecule is Cc1ccccc1C1(C)CNCCOC1. The maximum Gasteiger partial charge on any atom is 0.0591 e. The average Bonchev–Trinajstić information content (AvgIpc) is 2.44. The van der Waals surface area contributed by atoms with Gasteiger partial charge in [-0.3, -0.25) is 0 Å². The lowest BCUT2D eigenvalue weighted by atomic mass is 9.81. The fourth-order valence-corrected chi connectivity index (χ4v) is 2.28. The van der Waals surface area contributed by atoms with Crippen LogP contribution in [-0.2, 0) is 10.2 Å². The molecular weight excluding hydrogens is 186 g/mol. The first kappa shape index (κ1) is 10.7. The number of ether oxygens (including phenoxy) is 1. The molecule has 1 aromatic rings. The Balaban J connectivity index is 2.30. The summed E-state index contributed by atoms with van der Waals surface area (Å²) < 4.78 is 5.66. The first-order chi connectivity index (χ1) is 7.22. The van der Waals surface area contributed by atoms with Crippen molar-refractivity contribution >= 4 is 0 Å². The number of benzene rings is 1. The molecule has 0 aromatic heterocycles. The summed E-state index contributed by atoms with van der Waals surface area (Å²) >= 11 is 0. The Morgan fingerprint density at radius 3 is 2.93 bits per heavy atom. The number of hydrogen-bond donors (Lipinski definition) is 1. The first-order valence-corrected chi connectivity index (χ1v) is 5.57. The molecule has 1 saturated heterocycles. The van der Waals surface area contributed by atoms with E-state index in [4.69, 9.17) is 4.74 Å². The summed E-state index contributed by atoms with van der Waals surface area (Å²) in [6.45, 7) is 8.03. The molecule has 2 heteroatoms. The van der Waals surface area contributed by atoms with Crippen molar-refractivity contribution in [2.24, 2.45) is 0 Å². The van der Waals surface area contributed by atoms with Gasteiger partial charge in [0.25, 0.3) is 0 Å². The van der Waals surface area contributed by atoms with E-state index in [-0.39, 0.29) is 5.41 Å². The van der Waals surface area contributed by atoms with Crippen LogP contribution in [-0.4, -0.2) is 26.3 Å². The van der Waals surface area contributed by atoms with Crippen molar-refractivity contribution in [3.63, 3.8) is 0 Å². The minimum Gasteiger partial charge on any atom is -0.379 e. The first-order valence-electron chi connectivity index (χ1n) is 5.57.